The second kappa shape index (κ2) is 8.02. The first-order valence-corrected chi connectivity index (χ1v) is 8.30. The molecule has 2 aromatic rings. The quantitative estimate of drug-likeness (QED) is 0.587. The van der Waals surface area contributed by atoms with Crippen molar-refractivity contribution in [1.29, 1.82) is 0 Å². The van der Waals surface area contributed by atoms with Gasteiger partial charge in [-0.1, -0.05) is 29.2 Å². The number of nitrogens with one attached hydrogen (secondary N) is 2. The van der Waals surface area contributed by atoms with Crippen LogP contribution in [0.5, 0.6) is 0 Å². The molecule has 0 bridgehead atoms. The standard InChI is InChI=1S/C14H14F2N4OS2/c1-3-6-17-13-19-20-14(23-13)22-8(2)12(21)18-11-5-4-9(15)7-10(11)16/h3-5,7-8H,1,6H2,2H3,(H,17,19)(H,18,21). The van der Waals surface area contributed by atoms with Gasteiger partial charge >= 0.3 is 0 Å². The van der Waals surface area contributed by atoms with Crippen molar-refractivity contribution in [3.63, 3.8) is 0 Å². The van der Waals surface area contributed by atoms with Crippen molar-refractivity contribution in [1.82, 2.24) is 10.2 Å². The molecule has 2 rings (SSSR count). The van der Waals surface area contributed by atoms with E-state index in [2.05, 4.69) is 27.4 Å². The Balaban J connectivity index is 1.94. The van der Waals surface area contributed by atoms with Gasteiger partial charge in [0, 0.05) is 12.6 Å². The van der Waals surface area contributed by atoms with Gasteiger partial charge < -0.3 is 10.6 Å². The molecule has 1 unspecified atom stereocenters. The molecule has 1 amide bonds. The predicted octanol–water partition coefficient (Wildman–Crippen LogP) is 3.53. The number of thioether (sulfide) groups is 1. The average molecular weight is 356 g/mol. The first kappa shape index (κ1) is 17.4. The Kier molecular flexibility index (Phi) is 6.05. The van der Waals surface area contributed by atoms with Crippen molar-refractivity contribution in [2.45, 2.75) is 16.5 Å². The summed E-state index contributed by atoms with van der Waals surface area (Å²) in [5.41, 5.74) is -0.0607. The average Bonchev–Trinajstić information content (AvgIpc) is 2.95. The number of halogens is 2. The normalized spacial score (nSPS) is 11.8. The minimum atomic E-state index is -0.817. The third-order valence-electron chi connectivity index (χ3n) is 2.64. The van der Waals surface area contributed by atoms with Crippen LogP contribution in [0.2, 0.25) is 0 Å². The fourth-order valence-corrected chi connectivity index (χ4v) is 3.42. The molecule has 122 valence electrons. The number of benzene rings is 1. The molecule has 0 radical (unpaired) electrons. The topological polar surface area (TPSA) is 66.9 Å². The molecule has 0 aliphatic rings. The molecule has 1 aromatic carbocycles. The number of carbonyl (C=O) groups is 1. The van der Waals surface area contributed by atoms with Crippen LogP contribution in [0.25, 0.3) is 0 Å². The van der Waals surface area contributed by atoms with Gasteiger partial charge in [0.2, 0.25) is 11.0 Å². The minimum Gasteiger partial charge on any atom is -0.357 e. The number of nitrogens with zero attached hydrogens (tertiary/aromatic N) is 2. The highest BCUT2D eigenvalue weighted by Gasteiger charge is 2.18. The van der Waals surface area contributed by atoms with E-state index in [0.717, 1.165) is 12.1 Å². The van der Waals surface area contributed by atoms with Gasteiger partial charge in [0.25, 0.3) is 0 Å². The molecule has 1 atom stereocenters. The number of aromatic nitrogens is 2. The Morgan fingerprint density at radius 1 is 1.48 bits per heavy atom. The molecule has 0 aliphatic carbocycles. The fourth-order valence-electron chi connectivity index (χ4n) is 1.52. The maximum atomic E-state index is 13.5. The summed E-state index contributed by atoms with van der Waals surface area (Å²) in [6, 6.07) is 2.98. The van der Waals surface area contributed by atoms with Crippen molar-refractivity contribution in [2.75, 3.05) is 17.2 Å². The molecule has 5 nitrogen and oxygen atoms in total. The summed E-state index contributed by atoms with van der Waals surface area (Å²) in [7, 11) is 0. The van der Waals surface area contributed by atoms with Crippen molar-refractivity contribution < 1.29 is 13.6 Å². The zero-order valence-corrected chi connectivity index (χ0v) is 13.8. The number of amides is 1. The smallest absolute Gasteiger partial charge is 0.237 e. The largest absolute Gasteiger partial charge is 0.357 e. The zero-order valence-electron chi connectivity index (χ0n) is 12.2. The molecule has 0 fully saturated rings. The Labute approximate surface area is 140 Å². The lowest BCUT2D eigenvalue weighted by Gasteiger charge is -2.10. The highest BCUT2D eigenvalue weighted by atomic mass is 32.2. The highest BCUT2D eigenvalue weighted by molar-refractivity contribution is 8.02. The maximum Gasteiger partial charge on any atom is 0.237 e. The van der Waals surface area contributed by atoms with Crippen LogP contribution in [0.1, 0.15) is 6.92 Å². The van der Waals surface area contributed by atoms with E-state index in [-0.39, 0.29) is 5.69 Å². The van der Waals surface area contributed by atoms with E-state index in [1.54, 1.807) is 13.0 Å². The highest BCUT2D eigenvalue weighted by Crippen LogP contribution is 2.29. The molecule has 2 N–H and O–H groups in total. The second-order valence-electron chi connectivity index (χ2n) is 4.42. The summed E-state index contributed by atoms with van der Waals surface area (Å²) in [6.45, 7) is 5.82. The third-order valence-corrected chi connectivity index (χ3v) is 4.71. The molecule has 0 spiro atoms. The number of carbonyl (C=O) groups excluding carboxylic acids is 1. The lowest BCUT2D eigenvalue weighted by Crippen LogP contribution is -2.22. The number of anilines is 2. The summed E-state index contributed by atoms with van der Waals surface area (Å²) in [4.78, 5) is 12.1. The first-order chi connectivity index (χ1) is 11.0. The van der Waals surface area contributed by atoms with Crippen LogP contribution in [0.15, 0.2) is 35.2 Å². The summed E-state index contributed by atoms with van der Waals surface area (Å²) < 4.78 is 27.0. The van der Waals surface area contributed by atoms with Crippen molar-refractivity contribution in [2.24, 2.45) is 0 Å². The van der Waals surface area contributed by atoms with Gasteiger partial charge in [-0.2, -0.15) is 0 Å². The van der Waals surface area contributed by atoms with Crippen LogP contribution in [0, 0.1) is 11.6 Å². The van der Waals surface area contributed by atoms with Crippen LogP contribution in [-0.2, 0) is 4.79 Å². The Morgan fingerprint density at radius 3 is 2.96 bits per heavy atom. The molecule has 23 heavy (non-hydrogen) atoms. The van der Waals surface area contributed by atoms with E-state index in [1.807, 2.05) is 0 Å². The number of hydrogen-bond donors (Lipinski definition) is 2. The molecular weight excluding hydrogens is 342 g/mol. The van der Waals surface area contributed by atoms with Gasteiger partial charge in [-0.3, -0.25) is 4.79 Å². The van der Waals surface area contributed by atoms with Crippen LogP contribution in [-0.4, -0.2) is 27.9 Å². The molecule has 0 saturated carbocycles. The van der Waals surface area contributed by atoms with Gasteiger partial charge in [-0.15, -0.1) is 16.8 Å². The van der Waals surface area contributed by atoms with Crippen molar-refractivity contribution in [3.8, 4) is 0 Å². The van der Waals surface area contributed by atoms with Crippen molar-refractivity contribution in [3.05, 3.63) is 42.5 Å². The van der Waals surface area contributed by atoms with Gasteiger partial charge in [0.15, 0.2) is 4.34 Å². The van der Waals surface area contributed by atoms with E-state index in [0.29, 0.717) is 16.0 Å². The maximum absolute atomic E-state index is 13.5. The summed E-state index contributed by atoms with van der Waals surface area (Å²) in [6.07, 6.45) is 1.70. The molecule has 1 aromatic heterocycles. The van der Waals surface area contributed by atoms with Gasteiger partial charge in [-0.05, 0) is 19.1 Å². The van der Waals surface area contributed by atoms with Gasteiger partial charge in [-0.25, -0.2) is 8.78 Å². The summed E-state index contributed by atoms with van der Waals surface area (Å²) in [5, 5.41) is 13.4. The first-order valence-electron chi connectivity index (χ1n) is 6.60. The third kappa shape index (κ3) is 5.00. The lowest BCUT2D eigenvalue weighted by molar-refractivity contribution is -0.115. The Morgan fingerprint density at radius 2 is 2.26 bits per heavy atom. The van der Waals surface area contributed by atoms with Crippen LogP contribution in [0.4, 0.5) is 19.6 Å². The van der Waals surface area contributed by atoms with E-state index >= 15 is 0 Å². The van der Waals surface area contributed by atoms with Crippen LogP contribution >= 0.6 is 23.1 Å². The fraction of sp³-hybridized carbons (Fsp3) is 0.214. The Bertz CT molecular complexity index is 708. The zero-order chi connectivity index (χ0) is 16.8. The minimum absolute atomic E-state index is 0.0607. The molecule has 9 heteroatoms. The Hall–Kier alpha value is -2.00. The van der Waals surface area contributed by atoms with Gasteiger partial charge in [0.1, 0.15) is 11.6 Å². The van der Waals surface area contributed by atoms with Crippen LogP contribution in [0.3, 0.4) is 0 Å². The number of rotatable bonds is 7. The molecule has 0 aliphatic heterocycles. The van der Waals surface area contributed by atoms with Crippen molar-refractivity contribution >= 4 is 39.8 Å². The SMILES string of the molecule is C=CCNc1nnc(SC(C)C(=O)Nc2ccc(F)cc2F)s1. The monoisotopic (exact) mass is 356 g/mol. The predicted molar refractivity (Wildman–Crippen MR) is 88.9 cm³/mol. The molecule has 1 heterocycles. The van der Waals surface area contributed by atoms with E-state index in [9.17, 15) is 13.6 Å². The number of hydrogen-bond acceptors (Lipinski definition) is 6. The molecule has 0 saturated heterocycles. The molecular formula is C14H14F2N4OS2. The second-order valence-corrected chi connectivity index (χ2v) is 6.98. The summed E-state index contributed by atoms with van der Waals surface area (Å²) >= 11 is 2.51. The summed E-state index contributed by atoms with van der Waals surface area (Å²) in [5.74, 6) is -1.92. The van der Waals surface area contributed by atoms with E-state index in [1.165, 1.54) is 29.2 Å². The van der Waals surface area contributed by atoms with E-state index in [4.69, 9.17) is 0 Å². The van der Waals surface area contributed by atoms with E-state index < -0.39 is 22.8 Å². The van der Waals surface area contributed by atoms with Gasteiger partial charge in [0.05, 0.1) is 10.9 Å². The lowest BCUT2D eigenvalue weighted by atomic mass is 10.3. The van der Waals surface area contributed by atoms with Crippen LogP contribution < -0.4 is 10.6 Å².